The quantitative estimate of drug-likeness (QED) is 0.373. The lowest BCUT2D eigenvalue weighted by Crippen LogP contribution is -2.41. The van der Waals surface area contributed by atoms with E-state index < -0.39 is 0 Å². The van der Waals surface area contributed by atoms with E-state index in [0.29, 0.717) is 5.92 Å². The maximum Gasteiger partial charge on any atom is 0.193 e. The Kier molecular flexibility index (Phi) is 10.1. The van der Waals surface area contributed by atoms with Gasteiger partial charge in [-0.05, 0) is 37.6 Å². The van der Waals surface area contributed by atoms with E-state index in [1.165, 1.54) is 19.5 Å². The summed E-state index contributed by atoms with van der Waals surface area (Å²) in [4.78, 5) is 9.05. The molecule has 1 atom stereocenters. The maximum atomic E-state index is 5.50. The largest absolute Gasteiger partial charge is 0.497 e. The molecule has 0 bridgehead atoms. The lowest BCUT2D eigenvalue weighted by atomic mass is 10.1. The van der Waals surface area contributed by atoms with Crippen molar-refractivity contribution in [2.45, 2.75) is 19.9 Å². The minimum atomic E-state index is 0. The Balaban J connectivity index is 0.00000338. The van der Waals surface area contributed by atoms with Gasteiger partial charge in [0.1, 0.15) is 11.5 Å². The van der Waals surface area contributed by atoms with Gasteiger partial charge in [0.25, 0.3) is 0 Å². The molecule has 1 aliphatic rings. The molecule has 0 aromatic heterocycles. The second kappa shape index (κ2) is 11.5. The number of guanidine groups is 1. The van der Waals surface area contributed by atoms with Gasteiger partial charge in [0.05, 0.1) is 14.2 Å². The van der Waals surface area contributed by atoms with Crippen molar-refractivity contribution in [3.63, 3.8) is 0 Å². The van der Waals surface area contributed by atoms with E-state index in [1.54, 1.807) is 14.2 Å². The number of aliphatic imine (C=N–C) groups is 1. The van der Waals surface area contributed by atoms with Crippen molar-refractivity contribution in [1.82, 2.24) is 15.1 Å². The third-order valence-corrected chi connectivity index (χ3v) is 4.84. The number of nitrogens with one attached hydrogen (secondary N) is 1. The molecule has 0 amide bonds. The lowest BCUT2D eigenvalue weighted by Gasteiger charge is -2.24. The van der Waals surface area contributed by atoms with Crippen LogP contribution in [0.25, 0.3) is 0 Å². The van der Waals surface area contributed by atoms with Crippen LogP contribution in [-0.2, 0) is 6.54 Å². The van der Waals surface area contributed by atoms with Crippen LogP contribution < -0.4 is 14.8 Å². The van der Waals surface area contributed by atoms with Gasteiger partial charge in [0.2, 0.25) is 0 Å². The molecule has 1 saturated heterocycles. The van der Waals surface area contributed by atoms with Crippen molar-refractivity contribution in [3.8, 4) is 11.5 Å². The Morgan fingerprint density at radius 2 is 2.12 bits per heavy atom. The number of likely N-dealkylation sites (tertiary alicyclic amines) is 1. The molecular weight excluding hydrogens is 443 g/mol. The first kappa shape index (κ1) is 22.8. The molecule has 0 spiro atoms. The van der Waals surface area contributed by atoms with Gasteiger partial charge in [0, 0.05) is 45.4 Å². The van der Waals surface area contributed by atoms with E-state index in [1.807, 2.05) is 32.3 Å². The molecule has 1 aromatic carbocycles. The van der Waals surface area contributed by atoms with Gasteiger partial charge in [0.15, 0.2) is 5.96 Å². The zero-order valence-electron chi connectivity index (χ0n) is 16.6. The van der Waals surface area contributed by atoms with E-state index in [4.69, 9.17) is 9.47 Å². The van der Waals surface area contributed by atoms with E-state index >= 15 is 0 Å². The van der Waals surface area contributed by atoms with Crippen LogP contribution in [0, 0.1) is 5.92 Å². The Labute approximate surface area is 175 Å². The topological polar surface area (TPSA) is 49.3 Å². The minimum absolute atomic E-state index is 0. The molecule has 0 radical (unpaired) electrons. The number of methoxy groups -OCH3 is 2. The molecule has 0 saturated carbocycles. The van der Waals surface area contributed by atoms with Crippen LogP contribution >= 0.6 is 24.0 Å². The summed E-state index contributed by atoms with van der Waals surface area (Å²) >= 11 is 0. The van der Waals surface area contributed by atoms with E-state index in [9.17, 15) is 0 Å². The number of halogens is 1. The zero-order chi connectivity index (χ0) is 18.2. The fourth-order valence-electron chi connectivity index (χ4n) is 3.30. The van der Waals surface area contributed by atoms with Gasteiger partial charge < -0.3 is 24.6 Å². The van der Waals surface area contributed by atoms with Gasteiger partial charge in [-0.15, -0.1) is 24.0 Å². The van der Waals surface area contributed by atoms with Crippen LogP contribution in [0.15, 0.2) is 23.2 Å². The van der Waals surface area contributed by atoms with Crippen molar-refractivity contribution in [3.05, 3.63) is 23.8 Å². The monoisotopic (exact) mass is 476 g/mol. The van der Waals surface area contributed by atoms with Crippen molar-refractivity contribution in [1.29, 1.82) is 0 Å². The number of hydrogen-bond acceptors (Lipinski definition) is 4. The lowest BCUT2D eigenvalue weighted by molar-refractivity contribution is 0.340. The van der Waals surface area contributed by atoms with Gasteiger partial charge >= 0.3 is 0 Å². The third kappa shape index (κ3) is 6.19. The number of hydrogen-bond donors (Lipinski definition) is 1. The van der Waals surface area contributed by atoms with Crippen molar-refractivity contribution in [2.75, 3.05) is 54.5 Å². The van der Waals surface area contributed by atoms with Gasteiger partial charge in [-0.1, -0.05) is 6.92 Å². The predicted molar refractivity (Wildman–Crippen MR) is 118 cm³/mol. The number of benzene rings is 1. The summed E-state index contributed by atoms with van der Waals surface area (Å²) < 4.78 is 10.8. The van der Waals surface area contributed by atoms with Crippen LogP contribution in [0.1, 0.15) is 18.9 Å². The molecule has 7 heteroatoms. The number of ether oxygens (including phenoxy) is 2. The summed E-state index contributed by atoms with van der Waals surface area (Å²) in [6.45, 7) is 7.44. The second-order valence-electron chi connectivity index (χ2n) is 6.51. The van der Waals surface area contributed by atoms with Crippen molar-refractivity contribution < 1.29 is 9.47 Å². The van der Waals surface area contributed by atoms with Crippen LogP contribution in [0.5, 0.6) is 11.5 Å². The fraction of sp³-hybridized carbons (Fsp3) is 0.632. The summed E-state index contributed by atoms with van der Waals surface area (Å²) in [6.07, 6.45) is 1.26. The van der Waals surface area contributed by atoms with Crippen LogP contribution in [0.4, 0.5) is 0 Å². The van der Waals surface area contributed by atoms with Crippen LogP contribution in [0.3, 0.4) is 0 Å². The Morgan fingerprint density at radius 3 is 2.69 bits per heavy atom. The third-order valence-electron chi connectivity index (χ3n) is 4.84. The minimum Gasteiger partial charge on any atom is -0.497 e. The zero-order valence-corrected chi connectivity index (χ0v) is 18.9. The summed E-state index contributed by atoms with van der Waals surface area (Å²) in [7, 11) is 7.23. The molecular formula is C19H33IN4O2. The van der Waals surface area contributed by atoms with Crippen molar-refractivity contribution in [2.24, 2.45) is 10.9 Å². The first-order chi connectivity index (χ1) is 12.1. The van der Waals surface area contributed by atoms with E-state index in [0.717, 1.165) is 42.7 Å². The number of nitrogens with zero attached hydrogens (tertiary/aromatic N) is 3. The van der Waals surface area contributed by atoms with Crippen LogP contribution in [0.2, 0.25) is 0 Å². The Bertz CT molecular complexity index is 583. The average Bonchev–Trinajstić information content (AvgIpc) is 3.10. The second-order valence-corrected chi connectivity index (χ2v) is 6.51. The highest BCUT2D eigenvalue weighted by Crippen LogP contribution is 2.25. The van der Waals surface area contributed by atoms with Crippen LogP contribution in [-0.4, -0.2) is 70.3 Å². The Hall–Kier alpha value is -1.22. The summed E-state index contributed by atoms with van der Waals surface area (Å²) in [6, 6.07) is 5.91. The summed E-state index contributed by atoms with van der Waals surface area (Å²) in [5, 5.41) is 3.52. The Morgan fingerprint density at radius 1 is 1.35 bits per heavy atom. The fourth-order valence-corrected chi connectivity index (χ4v) is 3.30. The van der Waals surface area contributed by atoms with Gasteiger partial charge in [-0.25, -0.2) is 0 Å². The molecule has 1 aliphatic heterocycles. The predicted octanol–water partition coefficient (Wildman–Crippen LogP) is 2.67. The molecule has 6 nitrogen and oxygen atoms in total. The normalized spacial score (nSPS) is 17.6. The first-order valence-corrected chi connectivity index (χ1v) is 8.96. The highest BCUT2D eigenvalue weighted by molar-refractivity contribution is 14.0. The molecule has 1 N–H and O–H groups in total. The maximum absolute atomic E-state index is 5.50. The van der Waals surface area contributed by atoms with E-state index in [2.05, 4.69) is 27.0 Å². The standard InChI is InChI=1S/C19H32N4O2.HI/c1-6-23-10-9-15(13-23)12-21-19(20-2)22(3)14-16-7-8-17(24-4)11-18(16)25-5;/h7-8,11,15H,6,9-10,12-14H2,1-5H3,(H,20,21);1H. The summed E-state index contributed by atoms with van der Waals surface area (Å²) in [5.41, 5.74) is 1.10. The molecule has 1 aromatic rings. The average molecular weight is 476 g/mol. The molecule has 1 heterocycles. The molecule has 2 rings (SSSR count). The smallest absolute Gasteiger partial charge is 0.193 e. The molecule has 0 aliphatic carbocycles. The number of rotatable bonds is 7. The van der Waals surface area contributed by atoms with Gasteiger partial charge in [-0.3, -0.25) is 4.99 Å². The highest BCUT2D eigenvalue weighted by Gasteiger charge is 2.21. The molecule has 1 fully saturated rings. The highest BCUT2D eigenvalue weighted by atomic mass is 127. The van der Waals surface area contributed by atoms with Crippen molar-refractivity contribution >= 4 is 29.9 Å². The molecule has 1 unspecified atom stereocenters. The molecule has 148 valence electrons. The SMILES string of the molecule is CCN1CCC(CNC(=NC)N(C)Cc2ccc(OC)cc2OC)C1.I. The molecule has 26 heavy (non-hydrogen) atoms. The first-order valence-electron chi connectivity index (χ1n) is 8.96. The van der Waals surface area contributed by atoms with Gasteiger partial charge in [-0.2, -0.15) is 0 Å². The van der Waals surface area contributed by atoms with E-state index in [-0.39, 0.29) is 24.0 Å². The summed E-state index contributed by atoms with van der Waals surface area (Å²) in [5.74, 6) is 3.23.